The van der Waals surface area contributed by atoms with Gasteiger partial charge in [-0.25, -0.2) is 0 Å². The third kappa shape index (κ3) is 4.11. The molecule has 2 aliphatic rings. The van der Waals surface area contributed by atoms with E-state index in [1.165, 1.54) is 17.0 Å². The minimum absolute atomic E-state index is 0.0284. The summed E-state index contributed by atoms with van der Waals surface area (Å²) in [6.45, 7) is 5.94. The maximum absolute atomic E-state index is 5.98. The Morgan fingerprint density at radius 2 is 2.06 bits per heavy atom. The molecule has 1 aromatic carbocycles. The smallest absolute Gasteiger partial charge is 0.170 e. The Labute approximate surface area is 200 Å². The number of rotatable bonds is 6. The van der Waals surface area contributed by atoms with Gasteiger partial charge in [-0.15, -0.1) is 0 Å². The van der Waals surface area contributed by atoms with Crippen molar-refractivity contribution in [2.75, 3.05) is 20.3 Å². The number of aryl methyl sites for hydroxylation is 1. The summed E-state index contributed by atoms with van der Waals surface area (Å²) >= 11 is 5.85. The molecule has 6 nitrogen and oxygen atoms in total. The van der Waals surface area contributed by atoms with Crippen LogP contribution in [0.15, 0.2) is 54.7 Å². The molecular weight excluding hydrogens is 432 g/mol. The highest BCUT2D eigenvalue weighted by Crippen LogP contribution is 2.42. The average molecular weight is 463 g/mol. The van der Waals surface area contributed by atoms with Crippen molar-refractivity contribution in [2.45, 2.75) is 44.9 Å². The van der Waals surface area contributed by atoms with E-state index in [9.17, 15) is 0 Å². The molecule has 2 fully saturated rings. The number of benzene rings is 1. The van der Waals surface area contributed by atoms with Gasteiger partial charge >= 0.3 is 0 Å². The number of methoxy groups -OCH3 is 1. The van der Waals surface area contributed by atoms with Gasteiger partial charge in [-0.2, -0.15) is 0 Å². The Balaban J connectivity index is 1.59. The Morgan fingerprint density at radius 3 is 2.79 bits per heavy atom. The van der Waals surface area contributed by atoms with Crippen molar-refractivity contribution in [3.05, 3.63) is 77.4 Å². The van der Waals surface area contributed by atoms with Crippen LogP contribution in [-0.2, 0) is 4.74 Å². The predicted octanol–water partition coefficient (Wildman–Crippen LogP) is 4.65. The van der Waals surface area contributed by atoms with E-state index in [1.54, 1.807) is 7.11 Å². The first-order valence-electron chi connectivity index (χ1n) is 11.5. The topological polar surface area (TPSA) is 51.5 Å². The van der Waals surface area contributed by atoms with Crippen LogP contribution in [0.4, 0.5) is 0 Å². The maximum atomic E-state index is 5.98. The van der Waals surface area contributed by atoms with Gasteiger partial charge in [0.25, 0.3) is 0 Å². The summed E-state index contributed by atoms with van der Waals surface area (Å²) in [5.74, 6) is 0.844. The Kier molecular flexibility index (Phi) is 6.08. The quantitative estimate of drug-likeness (QED) is 0.538. The van der Waals surface area contributed by atoms with Gasteiger partial charge in [0, 0.05) is 42.5 Å². The second-order valence-corrected chi connectivity index (χ2v) is 9.16. The summed E-state index contributed by atoms with van der Waals surface area (Å²) in [6.07, 6.45) is 4.23. The van der Waals surface area contributed by atoms with Crippen molar-refractivity contribution >= 4 is 17.3 Å². The van der Waals surface area contributed by atoms with E-state index in [2.05, 4.69) is 57.9 Å². The standard InChI is InChI=1S/C26H30N4O2S/c1-17-14-22(18(2)30(17)19-8-6-9-20(15-19)31-3)25-24(23-11-4-5-12-27-23)28-26(33)29(25)16-21-10-7-13-32-21/h4-6,8-9,11-12,14-15,21,24-25H,7,10,13,16H2,1-3H3,(H,28,33)/t21-,24+,25-/m0/s1. The third-order valence-electron chi connectivity index (χ3n) is 6.72. The summed E-state index contributed by atoms with van der Waals surface area (Å²) in [7, 11) is 1.70. The zero-order chi connectivity index (χ0) is 22.9. The number of ether oxygens (including phenoxy) is 2. The SMILES string of the molecule is COc1cccc(-n2c(C)cc([C@H]3[C@@H](c4ccccn4)NC(=S)N3C[C@@H]3CCCO3)c2C)c1. The number of hydrogen-bond acceptors (Lipinski definition) is 4. The molecule has 2 aliphatic heterocycles. The molecule has 0 amide bonds. The fourth-order valence-electron chi connectivity index (χ4n) is 5.18. The minimum atomic E-state index is -0.0284. The Morgan fingerprint density at radius 1 is 1.18 bits per heavy atom. The van der Waals surface area contributed by atoms with Crippen molar-refractivity contribution in [1.82, 2.24) is 19.8 Å². The molecule has 0 radical (unpaired) electrons. The molecule has 0 saturated carbocycles. The zero-order valence-corrected chi connectivity index (χ0v) is 20.1. The van der Waals surface area contributed by atoms with Crippen LogP contribution in [0.1, 0.15) is 47.6 Å². The van der Waals surface area contributed by atoms with Crippen molar-refractivity contribution in [1.29, 1.82) is 0 Å². The second kappa shape index (κ2) is 9.15. The second-order valence-electron chi connectivity index (χ2n) is 8.78. The molecule has 0 bridgehead atoms. The van der Waals surface area contributed by atoms with Gasteiger partial charge in [-0.1, -0.05) is 12.1 Å². The van der Waals surface area contributed by atoms with Crippen molar-refractivity contribution in [3.63, 3.8) is 0 Å². The van der Waals surface area contributed by atoms with Crippen LogP contribution in [0.3, 0.4) is 0 Å². The molecular formula is C26H30N4O2S. The molecule has 2 saturated heterocycles. The maximum Gasteiger partial charge on any atom is 0.170 e. The van der Waals surface area contributed by atoms with E-state index < -0.39 is 0 Å². The van der Waals surface area contributed by atoms with E-state index >= 15 is 0 Å². The molecule has 1 N–H and O–H groups in total. The lowest BCUT2D eigenvalue weighted by Crippen LogP contribution is -2.36. The van der Waals surface area contributed by atoms with Gasteiger partial charge in [0.1, 0.15) is 5.75 Å². The number of pyridine rings is 1. The highest BCUT2D eigenvalue weighted by atomic mass is 32.1. The molecule has 172 valence electrons. The Hall–Kier alpha value is -2.90. The van der Waals surface area contributed by atoms with Gasteiger partial charge in [0.05, 0.1) is 31.0 Å². The molecule has 0 unspecified atom stereocenters. The molecule has 0 aliphatic carbocycles. The number of nitrogens with one attached hydrogen (secondary N) is 1. The van der Waals surface area contributed by atoms with Gasteiger partial charge in [-0.05, 0) is 74.8 Å². The van der Waals surface area contributed by atoms with E-state index in [0.717, 1.165) is 48.2 Å². The van der Waals surface area contributed by atoms with Crippen molar-refractivity contribution in [2.24, 2.45) is 0 Å². The van der Waals surface area contributed by atoms with Crippen LogP contribution in [0.2, 0.25) is 0 Å². The van der Waals surface area contributed by atoms with Gasteiger partial charge < -0.3 is 24.3 Å². The summed E-state index contributed by atoms with van der Waals surface area (Å²) in [6, 6.07) is 16.5. The van der Waals surface area contributed by atoms with Crippen LogP contribution < -0.4 is 10.1 Å². The average Bonchev–Trinajstić information content (AvgIpc) is 3.53. The molecule has 2 aromatic heterocycles. The van der Waals surface area contributed by atoms with E-state index in [1.807, 2.05) is 30.5 Å². The fraction of sp³-hybridized carbons (Fsp3) is 0.385. The molecule has 7 heteroatoms. The molecule has 3 aromatic rings. The monoisotopic (exact) mass is 462 g/mol. The van der Waals surface area contributed by atoms with Crippen molar-refractivity contribution < 1.29 is 9.47 Å². The van der Waals surface area contributed by atoms with Crippen LogP contribution in [0, 0.1) is 13.8 Å². The lowest BCUT2D eigenvalue weighted by atomic mass is 9.96. The third-order valence-corrected chi connectivity index (χ3v) is 7.07. The molecule has 5 rings (SSSR count). The number of thiocarbonyl (C=S) groups is 1. The molecule has 3 atom stereocenters. The first-order valence-corrected chi connectivity index (χ1v) is 11.9. The van der Waals surface area contributed by atoms with Crippen LogP contribution >= 0.6 is 12.2 Å². The van der Waals surface area contributed by atoms with Crippen molar-refractivity contribution in [3.8, 4) is 11.4 Å². The van der Waals surface area contributed by atoms with Gasteiger partial charge in [0.2, 0.25) is 0 Å². The summed E-state index contributed by atoms with van der Waals surface area (Å²) < 4.78 is 13.7. The zero-order valence-electron chi connectivity index (χ0n) is 19.3. The summed E-state index contributed by atoms with van der Waals surface area (Å²) in [5.41, 5.74) is 5.69. The summed E-state index contributed by atoms with van der Waals surface area (Å²) in [4.78, 5) is 6.98. The van der Waals surface area contributed by atoms with Gasteiger partial charge in [-0.3, -0.25) is 4.98 Å². The van der Waals surface area contributed by atoms with E-state index in [-0.39, 0.29) is 18.2 Å². The van der Waals surface area contributed by atoms with E-state index in [4.69, 9.17) is 21.7 Å². The van der Waals surface area contributed by atoms with E-state index in [0.29, 0.717) is 0 Å². The lowest BCUT2D eigenvalue weighted by Gasteiger charge is -2.30. The predicted molar refractivity (Wildman–Crippen MR) is 133 cm³/mol. The van der Waals surface area contributed by atoms with Crippen LogP contribution in [0.5, 0.6) is 5.75 Å². The van der Waals surface area contributed by atoms with Crippen LogP contribution in [0.25, 0.3) is 5.69 Å². The fourth-order valence-corrected chi connectivity index (χ4v) is 5.50. The highest BCUT2D eigenvalue weighted by Gasteiger charge is 2.42. The van der Waals surface area contributed by atoms with Crippen LogP contribution in [-0.4, -0.2) is 45.9 Å². The lowest BCUT2D eigenvalue weighted by molar-refractivity contribution is 0.0842. The molecule has 33 heavy (non-hydrogen) atoms. The number of hydrogen-bond donors (Lipinski definition) is 1. The number of nitrogens with zero attached hydrogens (tertiary/aromatic N) is 3. The largest absolute Gasteiger partial charge is 0.497 e. The molecule has 4 heterocycles. The molecule has 0 spiro atoms. The summed E-state index contributed by atoms with van der Waals surface area (Å²) in [5, 5.41) is 4.33. The highest BCUT2D eigenvalue weighted by molar-refractivity contribution is 7.80. The first kappa shape index (κ1) is 21.9. The normalized spacial score (nSPS) is 22.6. The minimum Gasteiger partial charge on any atom is -0.497 e. The number of aromatic nitrogens is 2. The Bertz CT molecular complexity index is 1140. The van der Waals surface area contributed by atoms with Gasteiger partial charge in [0.15, 0.2) is 5.11 Å². The first-order chi connectivity index (χ1) is 16.1.